The van der Waals surface area contributed by atoms with Gasteiger partial charge < -0.3 is 10.1 Å². The normalized spacial score (nSPS) is 16.3. The molecule has 2 aromatic carbocycles. The molecule has 0 radical (unpaired) electrons. The lowest BCUT2D eigenvalue weighted by atomic mass is 9.73. The van der Waals surface area contributed by atoms with E-state index in [2.05, 4.69) is 10.3 Å². The summed E-state index contributed by atoms with van der Waals surface area (Å²) in [5.74, 6) is 0.728. The van der Waals surface area contributed by atoms with Crippen molar-refractivity contribution in [3.8, 4) is 5.75 Å². The number of nitrogens with one attached hydrogen (secondary N) is 1. The average Bonchev–Trinajstić information content (AvgIpc) is 3.30. The number of aromatic nitrogens is 2. The van der Waals surface area contributed by atoms with Crippen LogP contribution in [0.2, 0.25) is 0 Å². The summed E-state index contributed by atoms with van der Waals surface area (Å²) in [4.78, 5) is 17.0. The average molecular weight is 469 g/mol. The third kappa shape index (κ3) is 4.51. The van der Waals surface area contributed by atoms with Gasteiger partial charge in [0.1, 0.15) is 11.6 Å². The Bertz CT molecular complexity index is 1220. The molecule has 3 aromatic rings. The molecule has 4 rings (SSSR count). The number of nitrogens with zero attached hydrogens (tertiary/aromatic N) is 3. The highest BCUT2D eigenvalue weighted by Gasteiger charge is 2.40. The Kier molecular flexibility index (Phi) is 6.53. The first kappa shape index (κ1) is 23.0. The van der Waals surface area contributed by atoms with Crippen molar-refractivity contribution in [3.63, 3.8) is 0 Å². The van der Waals surface area contributed by atoms with Crippen LogP contribution in [0.1, 0.15) is 34.6 Å². The number of amides is 1. The molecule has 2 heterocycles. The van der Waals surface area contributed by atoms with Gasteiger partial charge in [0.05, 0.1) is 12.7 Å². The van der Waals surface area contributed by atoms with Gasteiger partial charge >= 0.3 is 10.2 Å². The van der Waals surface area contributed by atoms with Crippen LogP contribution in [0.3, 0.4) is 0 Å². The maximum atomic E-state index is 13.1. The zero-order valence-corrected chi connectivity index (χ0v) is 19.6. The largest absolute Gasteiger partial charge is 0.496 e. The van der Waals surface area contributed by atoms with Crippen molar-refractivity contribution in [3.05, 3.63) is 83.9 Å². The van der Waals surface area contributed by atoms with E-state index in [1.165, 1.54) is 27.8 Å². The number of imidazole rings is 1. The Morgan fingerprint density at radius 2 is 1.76 bits per heavy atom. The van der Waals surface area contributed by atoms with E-state index in [-0.39, 0.29) is 11.3 Å². The minimum absolute atomic E-state index is 0.216. The fourth-order valence-corrected chi connectivity index (χ4v) is 5.90. The number of ether oxygens (including phenoxy) is 1. The van der Waals surface area contributed by atoms with Crippen LogP contribution < -0.4 is 10.1 Å². The molecule has 1 N–H and O–H groups in total. The first-order valence-electron chi connectivity index (χ1n) is 10.8. The van der Waals surface area contributed by atoms with E-state index >= 15 is 0 Å². The van der Waals surface area contributed by atoms with E-state index in [9.17, 15) is 13.2 Å². The number of hydrogen-bond donors (Lipinski definition) is 1. The molecule has 33 heavy (non-hydrogen) atoms. The van der Waals surface area contributed by atoms with E-state index in [0.29, 0.717) is 49.6 Å². The molecule has 0 atom stereocenters. The maximum absolute atomic E-state index is 13.1. The number of methoxy groups -OCH3 is 1. The van der Waals surface area contributed by atoms with Gasteiger partial charge in [-0.1, -0.05) is 42.5 Å². The molecular formula is C24H28N4O4S. The number of carbonyl (C=O) groups is 1. The lowest BCUT2D eigenvalue weighted by molar-refractivity contribution is 0.0930. The van der Waals surface area contributed by atoms with Gasteiger partial charge in [0, 0.05) is 37.4 Å². The monoisotopic (exact) mass is 468 g/mol. The number of carbonyl (C=O) groups excluding carboxylic acids is 1. The Labute approximate surface area is 194 Å². The highest BCUT2D eigenvalue weighted by atomic mass is 32.2. The van der Waals surface area contributed by atoms with Crippen molar-refractivity contribution in [2.24, 2.45) is 0 Å². The maximum Gasteiger partial charge on any atom is 0.308 e. The summed E-state index contributed by atoms with van der Waals surface area (Å²) >= 11 is 0. The smallest absolute Gasteiger partial charge is 0.308 e. The molecule has 0 unspecified atom stereocenters. The molecular weight excluding hydrogens is 440 g/mol. The number of aryl methyl sites for hydroxylation is 1. The van der Waals surface area contributed by atoms with Gasteiger partial charge in [0.25, 0.3) is 5.91 Å². The summed E-state index contributed by atoms with van der Waals surface area (Å²) in [6, 6.07) is 17.1. The van der Waals surface area contributed by atoms with Crippen LogP contribution in [0.25, 0.3) is 0 Å². The van der Waals surface area contributed by atoms with E-state index in [1.807, 2.05) is 36.4 Å². The molecule has 1 aliphatic rings. The van der Waals surface area contributed by atoms with Gasteiger partial charge in [-0.3, -0.25) is 4.79 Å². The third-order valence-corrected chi connectivity index (χ3v) is 8.26. The van der Waals surface area contributed by atoms with Gasteiger partial charge in [-0.25, -0.2) is 8.96 Å². The molecule has 1 fully saturated rings. The zero-order valence-electron chi connectivity index (χ0n) is 18.8. The predicted molar refractivity (Wildman–Crippen MR) is 126 cm³/mol. The number of piperidine rings is 1. The third-order valence-electron chi connectivity index (χ3n) is 6.36. The molecule has 0 aliphatic carbocycles. The number of para-hydroxylation sites is 1. The summed E-state index contributed by atoms with van der Waals surface area (Å²) < 4.78 is 34.2. The molecule has 8 nitrogen and oxygen atoms in total. The van der Waals surface area contributed by atoms with Gasteiger partial charge in [-0.2, -0.15) is 12.7 Å². The van der Waals surface area contributed by atoms with Crippen molar-refractivity contribution in [1.82, 2.24) is 18.6 Å². The van der Waals surface area contributed by atoms with Crippen LogP contribution >= 0.6 is 0 Å². The minimum atomic E-state index is -3.68. The van der Waals surface area contributed by atoms with Crippen LogP contribution in [0.4, 0.5) is 0 Å². The molecule has 0 spiro atoms. The Morgan fingerprint density at radius 1 is 1.09 bits per heavy atom. The summed E-state index contributed by atoms with van der Waals surface area (Å²) in [6.07, 6.45) is 4.11. The first-order chi connectivity index (χ1) is 15.9. The second kappa shape index (κ2) is 9.36. The van der Waals surface area contributed by atoms with Gasteiger partial charge in [0.15, 0.2) is 0 Å². The predicted octanol–water partition coefficient (Wildman–Crippen LogP) is 2.76. The highest BCUT2D eigenvalue weighted by molar-refractivity contribution is 7.87. The van der Waals surface area contributed by atoms with Crippen molar-refractivity contribution in [2.45, 2.75) is 25.2 Å². The molecule has 1 aliphatic heterocycles. The fourth-order valence-electron chi connectivity index (χ4n) is 4.42. The van der Waals surface area contributed by atoms with Crippen LogP contribution in [0.15, 0.2) is 67.0 Å². The number of hydrogen-bond acceptors (Lipinski definition) is 5. The lowest BCUT2D eigenvalue weighted by Crippen LogP contribution is -2.51. The number of rotatable bonds is 7. The second-order valence-corrected chi connectivity index (χ2v) is 10.0. The van der Waals surface area contributed by atoms with E-state index in [0.717, 1.165) is 5.56 Å². The van der Waals surface area contributed by atoms with Crippen LogP contribution in [-0.2, 0) is 15.6 Å². The van der Waals surface area contributed by atoms with Gasteiger partial charge in [-0.15, -0.1) is 0 Å². The first-order valence-corrected chi connectivity index (χ1v) is 12.2. The zero-order chi connectivity index (χ0) is 23.5. The minimum Gasteiger partial charge on any atom is -0.496 e. The standard InChI is InChI=1S/C24H28N4O4S/c1-19-25-14-17-28(19)33(30,31)27-15-12-24(13-16-27,20-8-4-3-5-9-20)18-26-23(29)21-10-6-7-11-22(21)32-2/h3-11,14,17H,12-13,15-16,18H2,1-2H3,(H,26,29). The molecule has 9 heteroatoms. The molecule has 1 aromatic heterocycles. The molecule has 1 amide bonds. The summed E-state index contributed by atoms with van der Waals surface area (Å²) in [5, 5.41) is 3.07. The Hall–Kier alpha value is -3.17. The second-order valence-electron chi connectivity index (χ2n) is 8.21. The van der Waals surface area contributed by atoms with Crippen molar-refractivity contribution >= 4 is 16.1 Å². The SMILES string of the molecule is COc1ccccc1C(=O)NCC1(c2ccccc2)CCN(S(=O)(=O)n2ccnc2C)CC1. The topological polar surface area (TPSA) is 93.5 Å². The summed E-state index contributed by atoms with van der Waals surface area (Å²) in [6.45, 7) is 2.76. The van der Waals surface area contributed by atoms with Crippen molar-refractivity contribution < 1.29 is 17.9 Å². The molecule has 0 saturated carbocycles. The molecule has 0 bridgehead atoms. The van der Waals surface area contributed by atoms with E-state index in [1.54, 1.807) is 25.1 Å². The Morgan fingerprint density at radius 3 is 2.39 bits per heavy atom. The van der Waals surface area contributed by atoms with Crippen LogP contribution in [-0.4, -0.2) is 54.3 Å². The van der Waals surface area contributed by atoms with Crippen molar-refractivity contribution in [1.29, 1.82) is 0 Å². The van der Waals surface area contributed by atoms with Gasteiger partial charge in [0.2, 0.25) is 0 Å². The van der Waals surface area contributed by atoms with Crippen molar-refractivity contribution in [2.75, 3.05) is 26.7 Å². The van der Waals surface area contributed by atoms with Gasteiger partial charge in [-0.05, 0) is 37.5 Å². The quantitative estimate of drug-likeness (QED) is 0.576. The molecule has 1 saturated heterocycles. The summed E-state index contributed by atoms with van der Waals surface area (Å²) in [5.41, 5.74) is 1.18. The highest BCUT2D eigenvalue weighted by Crippen LogP contribution is 2.36. The van der Waals surface area contributed by atoms with Crippen LogP contribution in [0.5, 0.6) is 5.75 Å². The van der Waals surface area contributed by atoms with Crippen LogP contribution in [0, 0.1) is 6.92 Å². The van der Waals surface area contributed by atoms with E-state index < -0.39 is 10.2 Å². The lowest BCUT2D eigenvalue weighted by Gasteiger charge is -2.42. The van der Waals surface area contributed by atoms with E-state index in [4.69, 9.17) is 4.74 Å². The fraction of sp³-hybridized carbons (Fsp3) is 0.333. The summed E-state index contributed by atoms with van der Waals surface area (Å²) in [7, 11) is -2.14. The number of benzene rings is 2. The molecule has 174 valence electrons. The Balaban J connectivity index is 1.55.